The van der Waals surface area contributed by atoms with Crippen LogP contribution in [-0.4, -0.2) is 4.98 Å². The summed E-state index contributed by atoms with van der Waals surface area (Å²) in [6.45, 7) is 0. The molecular formula is C5H6N4O. The first-order valence-corrected chi connectivity index (χ1v) is 2.63. The van der Waals surface area contributed by atoms with Crippen molar-refractivity contribution in [1.82, 2.24) is 4.98 Å². The number of anilines is 1. The predicted molar refractivity (Wildman–Crippen MR) is 37.5 cm³/mol. The van der Waals surface area contributed by atoms with Gasteiger partial charge in [-0.05, 0) is 17.3 Å². The topological polar surface area (TPSA) is 80.4 Å². The molecule has 0 aliphatic heterocycles. The second-order valence-corrected chi connectivity index (χ2v) is 1.61. The van der Waals surface area contributed by atoms with Crippen molar-refractivity contribution in [3.8, 4) is 0 Å². The molecule has 1 rings (SSSR count). The average molecular weight is 138 g/mol. The number of aromatic nitrogens is 1. The molecule has 5 nitrogen and oxygen atoms in total. The summed E-state index contributed by atoms with van der Waals surface area (Å²) in [4.78, 5) is 13.7. The van der Waals surface area contributed by atoms with Crippen LogP contribution in [-0.2, 0) is 0 Å². The van der Waals surface area contributed by atoms with Gasteiger partial charge in [0.2, 0.25) is 0 Å². The number of pyridine rings is 1. The van der Waals surface area contributed by atoms with Gasteiger partial charge < -0.3 is 5.43 Å². The molecule has 10 heavy (non-hydrogen) atoms. The van der Waals surface area contributed by atoms with E-state index in [-0.39, 0.29) is 11.5 Å². The van der Waals surface area contributed by atoms with Crippen LogP contribution in [0.4, 0.5) is 11.5 Å². The quantitative estimate of drug-likeness (QED) is 0.359. The summed E-state index contributed by atoms with van der Waals surface area (Å²) in [7, 11) is 0. The van der Waals surface area contributed by atoms with Gasteiger partial charge in [-0.2, -0.15) is 0 Å². The van der Waals surface area contributed by atoms with Gasteiger partial charge in [0.1, 0.15) is 0 Å². The van der Waals surface area contributed by atoms with Crippen LogP contribution in [0.25, 0.3) is 0 Å². The molecule has 1 heterocycles. The Morgan fingerprint density at radius 1 is 1.70 bits per heavy atom. The number of hydrogen-bond donors (Lipinski definition) is 2. The number of nitrogens with two attached hydrogens (primary N) is 1. The lowest BCUT2D eigenvalue weighted by Gasteiger charge is -1.97. The van der Waals surface area contributed by atoms with E-state index >= 15 is 0 Å². The number of hydrogen-bond acceptors (Lipinski definition) is 5. The van der Waals surface area contributed by atoms with E-state index < -0.39 is 0 Å². The minimum atomic E-state index is 0.213. The van der Waals surface area contributed by atoms with Crippen molar-refractivity contribution in [2.24, 2.45) is 11.0 Å². The summed E-state index contributed by atoms with van der Waals surface area (Å²) in [5.41, 5.74) is 2.45. The lowest BCUT2D eigenvalue weighted by Crippen LogP contribution is -2.08. The first kappa shape index (κ1) is 6.63. The normalized spacial score (nSPS) is 8.90. The molecule has 0 atom stereocenters. The van der Waals surface area contributed by atoms with Gasteiger partial charge in [-0.3, -0.25) is 0 Å². The predicted octanol–water partition coefficient (Wildman–Crippen LogP) is 0.765. The molecule has 0 aliphatic carbocycles. The van der Waals surface area contributed by atoms with Crippen molar-refractivity contribution in [3.63, 3.8) is 0 Å². The molecule has 3 N–H and O–H groups in total. The highest BCUT2D eigenvalue weighted by atomic mass is 16.3. The zero-order valence-corrected chi connectivity index (χ0v) is 5.11. The summed E-state index contributed by atoms with van der Waals surface area (Å²) >= 11 is 0. The van der Waals surface area contributed by atoms with Crippen LogP contribution in [0.3, 0.4) is 0 Å². The number of hydrazine groups is 1. The molecule has 0 saturated heterocycles. The van der Waals surface area contributed by atoms with Gasteiger partial charge in [0.15, 0.2) is 11.5 Å². The highest BCUT2D eigenvalue weighted by Crippen LogP contribution is 2.18. The van der Waals surface area contributed by atoms with E-state index in [2.05, 4.69) is 15.6 Å². The Hall–Kier alpha value is -1.49. The molecule has 0 aliphatic rings. The fourth-order valence-corrected chi connectivity index (χ4v) is 0.582. The number of nitroso groups, excluding NO2 is 1. The second kappa shape index (κ2) is 2.88. The molecular weight excluding hydrogens is 132 g/mol. The summed E-state index contributed by atoms with van der Waals surface area (Å²) in [6, 6.07) is 3.13. The van der Waals surface area contributed by atoms with E-state index in [1.165, 1.54) is 12.3 Å². The zero-order chi connectivity index (χ0) is 7.40. The van der Waals surface area contributed by atoms with Crippen molar-refractivity contribution >= 4 is 11.5 Å². The highest BCUT2D eigenvalue weighted by Gasteiger charge is 1.98. The SMILES string of the molecule is NNc1ncccc1N=O. The van der Waals surface area contributed by atoms with E-state index in [1.807, 2.05) is 0 Å². The maximum absolute atomic E-state index is 10.0. The van der Waals surface area contributed by atoms with E-state index in [4.69, 9.17) is 5.84 Å². The summed E-state index contributed by atoms with van der Waals surface area (Å²) in [6.07, 6.45) is 1.52. The number of nitrogens with one attached hydrogen (secondary N) is 1. The first-order valence-electron chi connectivity index (χ1n) is 2.63. The Morgan fingerprint density at radius 2 is 2.50 bits per heavy atom. The molecule has 1 aromatic heterocycles. The monoisotopic (exact) mass is 138 g/mol. The fourth-order valence-electron chi connectivity index (χ4n) is 0.582. The molecule has 52 valence electrons. The molecule has 0 amide bonds. The van der Waals surface area contributed by atoms with Crippen LogP contribution in [0.5, 0.6) is 0 Å². The van der Waals surface area contributed by atoms with Crippen molar-refractivity contribution < 1.29 is 0 Å². The minimum absolute atomic E-state index is 0.213. The van der Waals surface area contributed by atoms with Gasteiger partial charge in [-0.15, -0.1) is 4.91 Å². The van der Waals surface area contributed by atoms with E-state index in [1.54, 1.807) is 6.07 Å². The van der Waals surface area contributed by atoms with Gasteiger partial charge in [-0.25, -0.2) is 10.8 Å². The Bertz CT molecular complexity index is 237. The Labute approximate surface area is 57.2 Å². The third-order valence-electron chi connectivity index (χ3n) is 1.02. The number of rotatable bonds is 2. The number of nitrogens with zero attached hydrogens (tertiary/aromatic N) is 2. The smallest absolute Gasteiger partial charge is 0.169 e. The van der Waals surface area contributed by atoms with Gasteiger partial charge in [0.25, 0.3) is 0 Å². The average Bonchev–Trinajstić information content (AvgIpc) is 2.04. The Balaban J connectivity index is 3.08. The van der Waals surface area contributed by atoms with E-state index in [0.717, 1.165) is 0 Å². The van der Waals surface area contributed by atoms with Crippen LogP contribution in [0, 0.1) is 4.91 Å². The van der Waals surface area contributed by atoms with Crippen molar-refractivity contribution in [3.05, 3.63) is 23.2 Å². The van der Waals surface area contributed by atoms with Gasteiger partial charge in [-0.1, -0.05) is 0 Å². The minimum Gasteiger partial charge on any atom is -0.307 e. The Morgan fingerprint density at radius 3 is 3.00 bits per heavy atom. The molecule has 0 bridgehead atoms. The van der Waals surface area contributed by atoms with Gasteiger partial charge in [0.05, 0.1) is 0 Å². The highest BCUT2D eigenvalue weighted by molar-refractivity contribution is 5.58. The van der Waals surface area contributed by atoms with Gasteiger partial charge in [0, 0.05) is 6.20 Å². The maximum Gasteiger partial charge on any atom is 0.169 e. The maximum atomic E-state index is 10.0. The van der Waals surface area contributed by atoms with Crippen LogP contribution >= 0.6 is 0 Å². The van der Waals surface area contributed by atoms with Crippen LogP contribution in [0.1, 0.15) is 0 Å². The zero-order valence-electron chi connectivity index (χ0n) is 5.11. The lowest BCUT2D eigenvalue weighted by atomic mass is 10.4. The standard InChI is InChI=1S/C5H6N4O/c6-8-5-4(9-10)2-1-3-7-5/h1-3H,6H2,(H,7,8). The summed E-state index contributed by atoms with van der Waals surface area (Å²) in [5.74, 6) is 5.30. The third kappa shape index (κ3) is 1.08. The van der Waals surface area contributed by atoms with Gasteiger partial charge >= 0.3 is 0 Å². The summed E-state index contributed by atoms with van der Waals surface area (Å²) in [5, 5.41) is 2.69. The fraction of sp³-hybridized carbons (Fsp3) is 0. The molecule has 0 fully saturated rings. The van der Waals surface area contributed by atoms with Crippen molar-refractivity contribution in [2.45, 2.75) is 0 Å². The third-order valence-corrected chi connectivity index (χ3v) is 1.02. The van der Waals surface area contributed by atoms with E-state index in [9.17, 15) is 4.91 Å². The largest absolute Gasteiger partial charge is 0.307 e. The summed E-state index contributed by atoms with van der Waals surface area (Å²) < 4.78 is 0. The molecule has 5 heteroatoms. The molecule has 0 saturated carbocycles. The lowest BCUT2D eigenvalue weighted by molar-refractivity contribution is 1.21. The first-order chi connectivity index (χ1) is 4.88. The molecule has 0 unspecified atom stereocenters. The van der Waals surface area contributed by atoms with Crippen molar-refractivity contribution in [1.29, 1.82) is 0 Å². The van der Waals surface area contributed by atoms with Crippen molar-refractivity contribution in [2.75, 3.05) is 5.43 Å². The van der Waals surface area contributed by atoms with Crippen LogP contribution in [0.2, 0.25) is 0 Å². The molecule has 0 radical (unpaired) electrons. The molecule has 0 aromatic carbocycles. The van der Waals surface area contributed by atoms with Crippen LogP contribution < -0.4 is 11.3 Å². The number of nitrogen functional groups attached to an aromatic ring is 1. The van der Waals surface area contributed by atoms with E-state index in [0.29, 0.717) is 0 Å². The van der Waals surface area contributed by atoms with Crippen LogP contribution in [0.15, 0.2) is 23.5 Å². The Kier molecular flexibility index (Phi) is 1.91. The molecule has 0 spiro atoms. The molecule has 1 aromatic rings. The second-order valence-electron chi connectivity index (χ2n) is 1.61.